The number of benzene rings is 1. The van der Waals surface area contributed by atoms with Crippen LogP contribution in [-0.2, 0) is 4.74 Å². The molecule has 1 atom stereocenters. The van der Waals surface area contributed by atoms with Crippen LogP contribution < -0.4 is 10.6 Å². The van der Waals surface area contributed by atoms with E-state index in [1.807, 2.05) is 44.2 Å². The number of anilines is 2. The Morgan fingerprint density at radius 1 is 1.32 bits per heavy atom. The second kappa shape index (κ2) is 9.64. The van der Waals surface area contributed by atoms with E-state index in [0.717, 1.165) is 11.4 Å². The van der Waals surface area contributed by atoms with Gasteiger partial charge in [-0.1, -0.05) is 29.8 Å². The first-order chi connectivity index (χ1) is 12.1. The average molecular weight is 360 g/mol. The standard InChI is InChI=1S/C18H22ClN5O/c1-13(24-18-17(19)14(2)22-12-23-18)9-11-25-16(20)8-10-21-15-6-4-3-5-7-15/h3-8,10,12-13,20-21H,9,11H2,1-2H3,(H,22,23,24)/b10-8-,20-16?. The van der Waals surface area contributed by atoms with Crippen molar-refractivity contribution in [2.45, 2.75) is 26.3 Å². The number of halogens is 1. The summed E-state index contributed by atoms with van der Waals surface area (Å²) in [6, 6.07) is 9.83. The zero-order valence-corrected chi connectivity index (χ0v) is 15.0. The minimum Gasteiger partial charge on any atom is -0.478 e. The minimum absolute atomic E-state index is 0.103. The van der Waals surface area contributed by atoms with E-state index in [2.05, 4.69) is 20.6 Å². The molecule has 3 N–H and O–H groups in total. The molecule has 6 nitrogen and oxygen atoms in total. The third-order valence-electron chi connectivity index (χ3n) is 3.41. The van der Waals surface area contributed by atoms with Crippen molar-refractivity contribution in [2.24, 2.45) is 0 Å². The molecule has 2 aromatic rings. The van der Waals surface area contributed by atoms with Gasteiger partial charge >= 0.3 is 0 Å². The van der Waals surface area contributed by atoms with Crippen molar-refractivity contribution in [3.63, 3.8) is 0 Å². The number of hydrogen-bond acceptors (Lipinski definition) is 6. The van der Waals surface area contributed by atoms with Crippen LogP contribution in [0.4, 0.5) is 11.5 Å². The van der Waals surface area contributed by atoms with Gasteiger partial charge in [0.15, 0.2) is 0 Å². The minimum atomic E-state index is 0.103. The monoisotopic (exact) mass is 359 g/mol. The quantitative estimate of drug-likeness (QED) is 0.485. The lowest BCUT2D eigenvalue weighted by Gasteiger charge is -2.15. The number of aryl methyl sites for hydroxylation is 1. The van der Waals surface area contributed by atoms with E-state index in [0.29, 0.717) is 23.9 Å². The largest absolute Gasteiger partial charge is 0.478 e. The number of ether oxygens (including phenoxy) is 1. The summed E-state index contributed by atoms with van der Waals surface area (Å²) in [5, 5.41) is 14.6. The van der Waals surface area contributed by atoms with Crippen LogP contribution >= 0.6 is 11.6 Å². The molecule has 0 saturated carbocycles. The van der Waals surface area contributed by atoms with Crippen LogP contribution in [0.1, 0.15) is 19.0 Å². The van der Waals surface area contributed by atoms with Crippen LogP contribution in [0.2, 0.25) is 5.02 Å². The summed E-state index contributed by atoms with van der Waals surface area (Å²) < 4.78 is 5.39. The molecule has 1 aromatic heterocycles. The summed E-state index contributed by atoms with van der Waals surface area (Å²) in [4.78, 5) is 8.17. The molecule has 0 aliphatic heterocycles. The van der Waals surface area contributed by atoms with E-state index < -0.39 is 0 Å². The number of para-hydroxylation sites is 1. The zero-order chi connectivity index (χ0) is 18.1. The molecule has 0 spiro atoms. The topological polar surface area (TPSA) is 82.9 Å². The van der Waals surface area contributed by atoms with Crippen LogP contribution in [0, 0.1) is 12.3 Å². The first kappa shape index (κ1) is 18.7. The lowest BCUT2D eigenvalue weighted by atomic mass is 10.2. The van der Waals surface area contributed by atoms with Gasteiger partial charge in [0.2, 0.25) is 5.90 Å². The third kappa shape index (κ3) is 6.43. The van der Waals surface area contributed by atoms with Crippen LogP contribution in [0.5, 0.6) is 0 Å². The molecule has 0 radical (unpaired) electrons. The molecule has 7 heteroatoms. The van der Waals surface area contributed by atoms with E-state index in [-0.39, 0.29) is 11.9 Å². The number of nitrogens with zero attached hydrogens (tertiary/aromatic N) is 2. The molecule has 1 unspecified atom stereocenters. The van der Waals surface area contributed by atoms with Gasteiger partial charge in [0.05, 0.1) is 12.3 Å². The van der Waals surface area contributed by atoms with Crippen molar-refractivity contribution in [1.82, 2.24) is 9.97 Å². The van der Waals surface area contributed by atoms with Crippen molar-refractivity contribution in [2.75, 3.05) is 17.2 Å². The lowest BCUT2D eigenvalue weighted by molar-refractivity contribution is 0.291. The predicted octanol–water partition coefficient (Wildman–Crippen LogP) is 4.25. The molecule has 0 aliphatic carbocycles. The highest BCUT2D eigenvalue weighted by Crippen LogP contribution is 2.21. The molecule has 132 valence electrons. The van der Waals surface area contributed by atoms with E-state index in [1.54, 1.807) is 12.3 Å². The van der Waals surface area contributed by atoms with Gasteiger partial charge in [-0.15, -0.1) is 0 Å². The Morgan fingerprint density at radius 2 is 2.08 bits per heavy atom. The first-order valence-corrected chi connectivity index (χ1v) is 8.37. The first-order valence-electron chi connectivity index (χ1n) is 7.99. The molecular weight excluding hydrogens is 338 g/mol. The summed E-state index contributed by atoms with van der Waals surface area (Å²) in [7, 11) is 0. The van der Waals surface area contributed by atoms with Gasteiger partial charge in [0, 0.05) is 30.4 Å². The average Bonchev–Trinajstić information content (AvgIpc) is 2.60. The molecule has 0 bridgehead atoms. The molecule has 1 heterocycles. The summed E-state index contributed by atoms with van der Waals surface area (Å²) in [5.74, 6) is 0.718. The molecule has 0 saturated heterocycles. The number of rotatable bonds is 8. The number of hydrogen-bond donors (Lipinski definition) is 3. The highest BCUT2D eigenvalue weighted by molar-refractivity contribution is 6.33. The second-order valence-corrected chi connectivity index (χ2v) is 5.89. The smallest absolute Gasteiger partial charge is 0.207 e. The van der Waals surface area contributed by atoms with Crippen LogP contribution in [0.3, 0.4) is 0 Å². The summed E-state index contributed by atoms with van der Waals surface area (Å²) >= 11 is 6.16. The van der Waals surface area contributed by atoms with E-state index in [4.69, 9.17) is 21.7 Å². The van der Waals surface area contributed by atoms with Crippen LogP contribution in [0.15, 0.2) is 48.9 Å². The third-order valence-corrected chi connectivity index (χ3v) is 3.87. The van der Waals surface area contributed by atoms with Crippen molar-refractivity contribution >= 4 is 29.0 Å². The van der Waals surface area contributed by atoms with Crippen molar-refractivity contribution < 1.29 is 4.74 Å². The maximum absolute atomic E-state index is 7.77. The fourth-order valence-corrected chi connectivity index (χ4v) is 2.16. The molecule has 0 aliphatic rings. The Morgan fingerprint density at radius 3 is 2.84 bits per heavy atom. The fourth-order valence-electron chi connectivity index (χ4n) is 2.01. The van der Waals surface area contributed by atoms with Gasteiger partial charge in [-0.25, -0.2) is 9.97 Å². The number of nitrogens with one attached hydrogen (secondary N) is 3. The van der Waals surface area contributed by atoms with Gasteiger partial charge in [0.25, 0.3) is 0 Å². The van der Waals surface area contributed by atoms with E-state index in [1.165, 1.54) is 6.33 Å². The molecule has 1 aromatic carbocycles. The van der Waals surface area contributed by atoms with Gasteiger partial charge in [0.1, 0.15) is 17.2 Å². The lowest BCUT2D eigenvalue weighted by Crippen LogP contribution is -2.19. The van der Waals surface area contributed by atoms with Crippen molar-refractivity contribution in [3.8, 4) is 0 Å². The summed E-state index contributed by atoms with van der Waals surface area (Å²) in [6.07, 6.45) is 5.45. The van der Waals surface area contributed by atoms with Crippen molar-refractivity contribution in [3.05, 3.63) is 59.7 Å². The summed E-state index contributed by atoms with van der Waals surface area (Å²) in [6.45, 7) is 4.26. The Hall–Kier alpha value is -2.60. The second-order valence-electron chi connectivity index (χ2n) is 5.51. The van der Waals surface area contributed by atoms with Crippen molar-refractivity contribution in [1.29, 1.82) is 5.41 Å². The summed E-state index contributed by atoms with van der Waals surface area (Å²) in [5.41, 5.74) is 1.70. The number of aromatic nitrogens is 2. The molecular formula is C18H22ClN5O. The maximum atomic E-state index is 7.77. The highest BCUT2D eigenvalue weighted by Gasteiger charge is 2.09. The molecule has 0 amide bonds. The Labute approximate surface area is 152 Å². The van der Waals surface area contributed by atoms with Gasteiger partial charge in [-0.3, -0.25) is 5.41 Å². The maximum Gasteiger partial charge on any atom is 0.207 e. The predicted molar refractivity (Wildman–Crippen MR) is 102 cm³/mol. The Bertz CT molecular complexity index is 721. The SMILES string of the molecule is Cc1ncnc(NC(C)CCOC(=N)/C=C\Nc2ccccc2)c1Cl. The van der Waals surface area contributed by atoms with Crippen LogP contribution in [-0.4, -0.2) is 28.5 Å². The molecule has 25 heavy (non-hydrogen) atoms. The van der Waals surface area contributed by atoms with Gasteiger partial charge < -0.3 is 15.4 Å². The van der Waals surface area contributed by atoms with E-state index >= 15 is 0 Å². The molecule has 2 rings (SSSR count). The Kier molecular flexibility index (Phi) is 7.22. The zero-order valence-electron chi connectivity index (χ0n) is 14.3. The fraction of sp³-hybridized carbons (Fsp3) is 0.278. The Balaban J connectivity index is 1.69. The highest BCUT2D eigenvalue weighted by atomic mass is 35.5. The molecule has 0 fully saturated rings. The van der Waals surface area contributed by atoms with Gasteiger partial charge in [-0.2, -0.15) is 0 Å². The van der Waals surface area contributed by atoms with E-state index in [9.17, 15) is 0 Å². The van der Waals surface area contributed by atoms with Gasteiger partial charge in [-0.05, 0) is 26.0 Å². The van der Waals surface area contributed by atoms with Crippen LogP contribution in [0.25, 0.3) is 0 Å². The normalized spacial score (nSPS) is 12.0.